The van der Waals surface area contributed by atoms with Crippen LogP contribution in [0, 0.1) is 0 Å². The van der Waals surface area contributed by atoms with Crippen LogP contribution in [0.3, 0.4) is 0 Å². The smallest absolute Gasteiger partial charge is 0.255 e. The van der Waals surface area contributed by atoms with Crippen molar-refractivity contribution in [1.82, 2.24) is 14.8 Å². The molecule has 2 aromatic rings. The van der Waals surface area contributed by atoms with Gasteiger partial charge in [-0.25, -0.2) is 4.98 Å². The van der Waals surface area contributed by atoms with Crippen LogP contribution < -0.4 is 5.32 Å². The van der Waals surface area contributed by atoms with E-state index in [1.54, 1.807) is 17.2 Å². The molecule has 160 valence electrons. The van der Waals surface area contributed by atoms with Crippen molar-refractivity contribution in [3.63, 3.8) is 0 Å². The van der Waals surface area contributed by atoms with Crippen LogP contribution in [0.25, 0.3) is 0 Å². The summed E-state index contributed by atoms with van der Waals surface area (Å²) in [5.41, 5.74) is 1.67. The van der Waals surface area contributed by atoms with E-state index in [4.69, 9.17) is 27.9 Å². The second kappa shape index (κ2) is 9.96. The van der Waals surface area contributed by atoms with E-state index in [-0.39, 0.29) is 11.9 Å². The molecule has 3 heterocycles. The van der Waals surface area contributed by atoms with Gasteiger partial charge in [0.2, 0.25) is 0 Å². The fourth-order valence-corrected chi connectivity index (χ4v) is 4.48. The summed E-state index contributed by atoms with van der Waals surface area (Å²) in [6, 6.07) is 9.87. The molecule has 0 aliphatic carbocycles. The number of nitrogens with zero attached hydrogens (tertiary/aromatic N) is 3. The van der Waals surface area contributed by atoms with Gasteiger partial charge in [-0.3, -0.25) is 9.69 Å². The second-order valence-corrected chi connectivity index (χ2v) is 8.50. The Labute approximate surface area is 187 Å². The fourth-order valence-electron chi connectivity index (χ4n) is 4.05. The summed E-state index contributed by atoms with van der Waals surface area (Å²) in [6.45, 7) is 5.09. The van der Waals surface area contributed by atoms with Gasteiger partial charge in [0.05, 0.1) is 29.8 Å². The van der Waals surface area contributed by atoms with Crippen molar-refractivity contribution in [3.8, 4) is 0 Å². The molecule has 4 rings (SSSR count). The molecule has 1 N–H and O–H groups in total. The topological polar surface area (TPSA) is 57.7 Å². The molecule has 6 nitrogen and oxygen atoms in total. The molecule has 0 saturated carbocycles. The third-order valence-corrected chi connectivity index (χ3v) is 6.19. The van der Waals surface area contributed by atoms with Gasteiger partial charge in [-0.1, -0.05) is 35.3 Å². The molecule has 0 bridgehead atoms. The summed E-state index contributed by atoms with van der Waals surface area (Å²) in [4.78, 5) is 21.3. The minimum Gasteiger partial charge on any atom is -0.378 e. The monoisotopic (exact) mass is 448 g/mol. The lowest BCUT2D eigenvalue weighted by molar-refractivity contribution is 0.0302. The Morgan fingerprint density at radius 3 is 2.60 bits per heavy atom. The molecule has 1 unspecified atom stereocenters. The van der Waals surface area contributed by atoms with Crippen LogP contribution in [0.1, 0.15) is 34.8 Å². The summed E-state index contributed by atoms with van der Waals surface area (Å²) < 4.78 is 5.31. The van der Waals surface area contributed by atoms with E-state index in [0.717, 1.165) is 18.1 Å². The van der Waals surface area contributed by atoms with Crippen LogP contribution in [0.2, 0.25) is 10.0 Å². The Hall–Kier alpha value is -1.86. The number of rotatable bonds is 6. The molecule has 0 radical (unpaired) electrons. The van der Waals surface area contributed by atoms with E-state index in [0.29, 0.717) is 49.3 Å². The highest BCUT2D eigenvalue weighted by atomic mass is 35.5. The molecule has 0 spiro atoms. The number of carbonyl (C=O) groups excluding carboxylic acids is 1. The number of ether oxygens (including phenoxy) is 1. The van der Waals surface area contributed by atoms with E-state index in [1.807, 2.05) is 18.2 Å². The van der Waals surface area contributed by atoms with Gasteiger partial charge in [-0.2, -0.15) is 0 Å². The van der Waals surface area contributed by atoms with Crippen LogP contribution >= 0.6 is 23.2 Å². The molecule has 1 amide bonds. The Balaban J connectivity index is 1.46. The van der Waals surface area contributed by atoms with E-state index >= 15 is 0 Å². The lowest BCUT2D eigenvalue weighted by atomic mass is 10.1. The summed E-state index contributed by atoms with van der Waals surface area (Å²) in [5.74, 6) is 0.523. The Bertz CT molecular complexity index is 883. The van der Waals surface area contributed by atoms with E-state index in [2.05, 4.69) is 21.3 Å². The largest absolute Gasteiger partial charge is 0.378 e. The zero-order chi connectivity index (χ0) is 20.9. The number of anilines is 1. The number of benzene rings is 1. The molecular formula is C22H26Cl2N4O2. The molecule has 1 aromatic heterocycles. The van der Waals surface area contributed by atoms with Gasteiger partial charge in [-0.05, 0) is 49.7 Å². The molecule has 2 saturated heterocycles. The Morgan fingerprint density at radius 2 is 1.90 bits per heavy atom. The van der Waals surface area contributed by atoms with Gasteiger partial charge in [0.1, 0.15) is 5.82 Å². The molecule has 8 heteroatoms. The Morgan fingerprint density at radius 1 is 1.13 bits per heavy atom. The number of hydrogen-bond donors (Lipinski definition) is 1. The number of aromatic nitrogens is 1. The van der Waals surface area contributed by atoms with Crippen molar-refractivity contribution in [2.45, 2.75) is 18.9 Å². The van der Waals surface area contributed by atoms with E-state index < -0.39 is 0 Å². The number of hydrogen-bond acceptors (Lipinski definition) is 5. The summed E-state index contributed by atoms with van der Waals surface area (Å²) in [5, 5.41) is 4.56. The van der Waals surface area contributed by atoms with Crippen molar-refractivity contribution in [3.05, 3.63) is 57.7 Å². The SMILES string of the molecule is O=C(c1cnc(NCC(c2cccc(Cl)c2)N2CCCC2)c(Cl)c1)N1CCOCC1. The first-order valence-electron chi connectivity index (χ1n) is 10.4. The Kier molecular flexibility index (Phi) is 7.10. The molecule has 1 aromatic carbocycles. The van der Waals surface area contributed by atoms with Crippen molar-refractivity contribution >= 4 is 34.9 Å². The second-order valence-electron chi connectivity index (χ2n) is 7.65. The van der Waals surface area contributed by atoms with Gasteiger partial charge < -0.3 is 15.0 Å². The minimum atomic E-state index is -0.0619. The molecule has 2 fully saturated rings. The lowest BCUT2D eigenvalue weighted by Crippen LogP contribution is -2.40. The van der Waals surface area contributed by atoms with Crippen molar-refractivity contribution < 1.29 is 9.53 Å². The van der Waals surface area contributed by atoms with Crippen molar-refractivity contribution in [1.29, 1.82) is 0 Å². The standard InChI is InChI=1S/C22H26Cl2N4O2/c23-18-5-3-4-16(12-18)20(27-6-1-2-7-27)15-26-21-19(24)13-17(14-25-21)22(29)28-8-10-30-11-9-28/h3-5,12-14,20H,1-2,6-11,15H2,(H,25,26). The van der Waals surface area contributed by atoms with Crippen LogP contribution in [-0.2, 0) is 4.74 Å². The summed E-state index contributed by atoms with van der Waals surface area (Å²) in [6.07, 6.45) is 4.00. The lowest BCUT2D eigenvalue weighted by Gasteiger charge is -2.29. The van der Waals surface area contributed by atoms with Gasteiger partial charge in [0, 0.05) is 30.9 Å². The maximum absolute atomic E-state index is 12.7. The predicted octanol–water partition coefficient (Wildman–Crippen LogP) is 4.11. The van der Waals surface area contributed by atoms with Gasteiger partial charge in [-0.15, -0.1) is 0 Å². The van der Waals surface area contributed by atoms with Crippen LogP contribution in [-0.4, -0.2) is 66.6 Å². The zero-order valence-corrected chi connectivity index (χ0v) is 18.3. The number of morpholine rings is 1. The number of amides is 1. The number of carbonyl (C=O) groups is 1. The van der Waals surface area contributed by atoms with Gasteiger partial charge in [0.15, 0.2) is 0 Å². The molecule has 2 aliphatic heterocycles. The molecule has 30 heavy (non-hydrogen) atoms. The third kappa shape index (κ3) is 5.06. The maximum atomic E-state index is 12.7. The number of nitrogens with one attached hydrogen (secondary N) is 1. The minimum absolute atomic E-state index is 0.0619. The average molecular weight is 449 g/mol. The predicted molar refractivity (Wildman–Crippen MR) is 119 cm³/mol. The molecular weight excluding hydrogens is 423 g/mol. The van der Waals surface area contributed by atoms with Crippen LogP contribution in [0.15, 0.2) is 36.5 Å². The normalized spacial score (nSPS) is 18.4. The third-order valence-electron chi connectivity index (χ3n) is 5.66. The number of pyridine rings is 1. The molecule has 2 aliphatic rings. The highest BCUT2D eigenvalue weighted by Crippen LogP contribution is 2.28. The first-order valence-corrected chi connectivity index (χ1v) is 11.1. The quantitative estimate of drug-likeness (QED) is 0.720. The summed E-state index contributed by atoms with van der Waals surface area (Å²) in [7, 11) is 0. The summed E-state index contributed by atoms with van der Waals surface area (Å²) >= 11 is 12.7. The van der Waals surface area contributed by atoms with Crippen LogP contribution in [0.5, 0.6) is 0 Å². The van der Waals surface area contributed by atoms with E-state index in [9.17, 15) is 4.79 Å². The van der Waals surface area contributed by atoms with Crippen molar-refractivity contribution in [2.75, 3.05) is 51.3 Å². The maximum Gasteiger partial charge on any atom is 0.255 e. The average Bonchev–Trinajstić information content (AvgIpc) is 3.29. The zero-order valence-electron chi connectivity index (χ0n) is 16.8. The van der Waals surface area contributed by atoms with Gasteiger partial charge in [0.25, 0.3) is 5.91 Å². The fraction of sp³-hybridized carbons (Fsp3) is 0.455. The number of halogens is 2. The first kappa shape index (κ1) is 21.4. The number of likely N-dealkylation sites (tertiary alicyclic amines) is 1. The highest BCUT2D eigenvalue weighted by Gasteiger charge is 2.24. The van der Waals surface area contributed by atoms with Crippen LogP contribution in [0.4, 0.5) is 5.82 Å². The van der Waals surface area contributed by atoms with Gasteiger partial charge >= 0.3 is 0 Å². The van der Waals surface area contributed by atoms with E-state index in [1.165, 1.54) is 18.4 Å². The highest BCUT2D eigenvalue weighted by molar-refractivity contribution is 6.33. The molecule has 1 atom stereocenters. The van der Waals surface area contributed by atoms with Crippen molar-refractivity contribution in [2.24, 2.45) is 0 Å². The first-order chi connectivity index (χ1) is 14.6.